The van der Waals surface area contributed by atoms with Gasteiger partial charge in [-0.1, -0.05) is 30.3 Å². The molecule has 3 atom stereocenters. The van der Waals surface area contributed by atoms with Crippen LogP contribution in [0.4, 0.5) is 4.39 Å². The second kappa shape index (κ2) is 5.78. The molecule has 1 saturated carbocycles. The Labute approximate surface area is 132 Å². The van der Waals surface area contributed by atoms with E-state index in [1.54, 1.807) is 13.2 Å². The van der Waals surface area contributed by atoms with Crippen LogP contribution in [0.15, 0.2) is 46.9 Å². The topological polar surface area (TPSA) is 35.2 Å². The number of ether oxygens (including phenoxy) is 1. The van der Waals surface area contributed by atoms with Gasteiger partial charge in [0.1, 0.15) is 11.6 Å². The minimum absolute atomic E-state index is 0.151. The van der Waals surface area contributed by atoms with Gasteiger partial charge in [0.2, 0.25) is 0 Å². The summed E-state index contributed by atoms with van der Waals surface area (Å²) in [5, 5.41) is 0. The number of rotatable bonds is 4. The fourth-order valence-corrected chi connectivity index (χ4v) is 3.27. The standard InChI is InChI=1S/C17H17BrFNO/c1-21-16-9-15(19)14(18)8-13(16)17(20)12-7-11(12)10-5-3-2-4-6-10/h2-6,8-9,11-12,17H,7,20H2,1H3. The zero-order valence-electron chi connectivity index (χ0n) is 11.7. The first-order valence-electron chi connectivity index (χ1n) is 6.95. The van der Waals surface area contributed by atoms with Gasteiger partial charge >= 0.3 is 0 Å². The maximum Gasteiger partial charge on any atom is 0.141 e. The molecule has 0 amide bonds. The van der Waals surface area contributed by atoms with Crippen molar-refractivity contribution in [2.24, 2.45) is 11.7 Å². The third-order valence-corrected chi connectivity index (χ3v) is 4.77. The molecule has 0 aliphatic heterocycles. The number of benzene rings is 2. The molecule has 110 valence electrons. The van der Waals surface area contributed by atoms with Crippen molar-refractivity contribution >= 4 is 15.9 Å². The Hall–Kier alpha value is -1.39. The summed E-state index contributed by atoms with van der Waals surface area (Å²) in [6.07, 6.45) is 1.06. The van der Waals surface area contributed by atoms with Gasteiger partial charge in [-0.3, -0.25) is 0 Å². The average Bonchev–Trinajstić information content (AvgIpc) is 3.30. The highest BCUT2D eigenvalue weighted by atomic mass is 79.9. The summed E-state index contributed by atoms with van der Waals surface area (Å²) < 4.78 is 19.3. The molecule has 2 nitrogen and oxygen atoms in total. The lowest BCUT2D eigenvalue weighted by Gasteiger charge is -2.17. The third kappa shape index (κ3) is 2.83. The lowest BCUT2D eigenvalue weighted by molar-refractivity contribution is 0.398. The summed E-state index contributed by atoms with van der Waals surface area (Å²) in [7, 11) is 1.54. The minimum Gasteiger partial charge on any atom is -0.496 e. The van der Waals surface area contributed by atoms with Crippen LogP contribution in [0, 0.1) is 11.7 Å². The quantitative estimate of drug-likeness (QED) is 0.887. The molecule has 0 heterocycles. The molecule has 1 fully saturated rings. The number of hydrogen-bond acceptors (Lipinski definition) is 2. The van der Waals surface area contributed by atoms with Gasteiger partial charge < -0.3 is 10.5 Å². The van der Waals surface area contributed by atoms with E-state index in [0.29, 0.717) is 22.1 Å². The summed E-state index contributed by atoms with van der Waals surface area (Å²) in [5.74, 6) is 1.04. The van der Waals surface area contributed by atoms with Crippen LogP contribution in [0.25, 0.3) is 0 Å². The van der Waals surface area contributed by atoms with Gasteiger partial charge in [0.05, 0.1) is 11.6 Å². The Morgan fingerprint density at radius 3 is 2.67 bits per heavy atom. The van der Waals surface area contributed by atoms with Gasteiger partial charge in [0, 0.05) is 17.7 Å². The molecule has 2 aromatic rings. The smallest absolute Gasteiger partial charge is 0.141 e. The SMILES string of the molecule is COc1cc(F)c(Br)cc1C(N)C1CC1c1ccccc1. The van der Waals surface area contributed by atoms with E-state index in [1.807, 2.05) is 18.2 Å². The Morgan fingerprint density at radius 2 is 2.00 bits per heavy atom. The van der Waals surface area contributed by atoms with Gasteiger partial charge in [-0.15, -0.1) is 0 Å². The normalized spacial score (nSPS) is 21.9. The number of nitrogens with two attached hydrogens (primary N) is 1. The molecular formula is C17H17BrFNO. The van der Waals surface area contributed by atoms with Crippen LogP contribution in [0.2, 0.25) is 0 Å². The number of methoxy groups -OCH3 is 1. The molecule has 0 radical (unpaired) electrons. The monoisotopic (exact) mass is 349 g/mol. The first-order chi connectivity index (χ1) is 10.1. The number of hydrogen-bond donors (Lipinski definition) is 1. The summed E-state index contributed by atoms with van der Waals surface area (Å²) in [4.78, 5) is 0. The van der Waals surface area contributed by atoms with Crippen molar-refractivity contribution in [2.75, 3.05) is 7.11 Å². The van der Waals surface area contributed by atoms with Crippen LogP contribution in [0.5, 0.6) is 5.75 Å². The summed E-state index contributed by atoms with van der Waals surface area (Å²) in [6, 6.07) is 13.3. The van der Waals surface area contributed by atoms with Crippen LogP contribution in [0.3, 0.4) is 0 Å². The van der Waals surface area contributed by atoms with Crippen molar-refractivity contribution in [3.8, 4) is 5.75 Å². The maximum absolute atomic E-state index is 13.6. The van der Waals surface area contributed by atoms with Crippen molar-refractivity contribution in [1.82, 2.24) is 0 Å². The lowest BCUT2D eigenvalue weighted by atomic mass is 9.98. The van der Waals surface area contributed by atoms with E-state index < -0.39 is 0 Å². The number of halogens is 2. The van der Waals surface area contributed by atoms with E-state index in [-0.39, 0.29) is 11.9 Å². The second-order valence-electron chi connectivity index (χ2n) is 5.45. The molecule has 0 aromatic heterocycles. The molecular weight excluding hydrogens is 333 g/mol. The van der Waals surface area contributed by atoms with E-state index in [1.165, 1.54) is 11.6 Å². The third-order valence-electron chi connectivity index (χ3n) is 4.16. The zero-order chi connectivity index (χ0) is 15.0. The van der Waals surface area contributed by atoms with Crippen molar-refractivity contribution in [2.45, 2.75) is 18.4 Å². The fraction of sp³-hybridized carbons (Fsp3) is 0.294. The predicted octanol–water partition coefficient (Wildman–Crippen LogP) is 4.40. The van der Waals surface area contributed by atoms with Crippen molar-refractivity contribution < 1.29 is 9.13 Å². The molecule has 4 heteroatoms. The van der Waals surface area contributed by atoms with Crippen LogP contribution in [-0.4, -0.2) is 7.11 Å². The van der Waals surface area contributed by atoms with Crippen molar-refractivity contribution in [1.29, 1.82) is 0 Å². The highest BCUT2D eigenvalue weighted by molar-refractivity contribution is 9.10. The lowest BCUT2D eigenvalue weighted by Crippen LogP contribution is -2.15. The first-order valence-corrected chi connectivity index (χ1v) is 7.74. The Balaban J connectivity index is 1.84. The molecule has 3 unspecified atom stereocenters. The molecule has 1 aliphatic carbocycles. The summed E-state index contributed by atoms with van der Waals surface area (Å²) >= 11 is 3.22. The molecule has 2 aromatic carbocycles. The Bertz CT molecular complexity index is 647. The summed E-state index contributed by atoms with van der Waals surface area (Å²) in [6.45, 7) is 0. The van der Waals surface area contributed by atoms with E-state index in [2.05, 4.69) is 28.1 Å². The van der Waals surface area contributed by atoms with Gasteiger partial charge in [-0.2, -0.15) is 0 Å². The zero-order valence-corrected chi connectivity index (χ0v) is 13.3. The summed E-state index contributed by atoms with van der Waals surface area (Å²) in [5.41, 5.74) is 8.57. The van der Waals surface area contributed by atoms with Crippen LogP contribution in [0.1, 0.15) is 29.5 Å². The van der Waals surface area contributed by atoms with E-state index >= 15 is 0 Å². The highest BCUT2D eigenvalue weighted by Gasteiger charge is 2.43. The fourth-order valence-electron chi connectivity index (χ4n) is 2.91. The molecule has 0 saturated heterocycles. The van der Waals surface area contributed by atoms with E-state index in [9.17, 15) is 4.39 Å². The average molecular weight is 350 g/mol. The van der Waals surface area contributed by atoms with Crippen molar-refractivity contribution in [3.05, 3.63) is 63.9 Å². The Morgan fingerprint density at radius 1 is 1.29 bits per heavy atom. The van der Waals surface area contributed by atoms with E-state index in [4.69, 9.17) is 10.5 Å². The van der Waals surface area contributed by atoms with Gasteiger partial charge in [-0.05, 0) is 45.8 Å². The molecule has 1 aliphatic rings. The van der Waals surface area contributed by atoms with Gasteiger partial charge in [0.15, 0.2) is 0 Å². The van der Waals surface area contributed by atoms with Crippen LogP contribution in [-0.2, 0) is 0 Å². The van der Waals surface area contributed by atoms with Gasteiger partial charge in [-0.25, -0.2) is 4.39 Å². The van der Waals surface area contributed by atoms with Crippen molar-refractivity contribution in [3.63, 3.8) is 0 Å². The Kier molecular flexibility index (Phi) is 4.00. The van der Waals surface area contributed by atoms with Gasteiger partial charge in [0.25, 0.3) is 0 Å². The second-order valence-corrected chi connectivity index (χ2v) is 6.31. The van der Waals surface area contributed by atoms with Crippen LogP contribution >= 0.6 is 15.9 Å². The molecule has 0 bridgehead atoms. The molecule has 3 rings (SSSR count). The maximum atomic E-state index is 13.6. The first kappa shape index (κ1) is 14.5. The molecule has 2 N–H and O–H groups in total. The van der Waals surface area contributed by atoms with E-state index in [0.717, 1.165) is 12.0 Å². The predicted molar refractivity (Wildman–Crippen MR) is 84.9 cm³/mol. The minimum atomic E-state index is -0.335. The van der Waals surface area contributed by atoms with Crippen LogP contribution < -0.4 is 10.5 Å². The molecule has 21 heavy (non-hydrogen) atoms. The largest absolute Gasteiger partial charge is 0.496 e. The highest BCUT2D eigenvalue weighted by Crippen LogP contribution is 2.54. The molecule has 0 spiro atoms.